The normalized spacial score (nSPS) is 17.1. The minimum absolute atomic E-state index is 0.124. The van der Waals surface area contributed by atoms with Crippen LogP contribution in [0, 0.1) is 5.92 Å². The number of aromatic hydroxyl groups is 1. The van der Waals surface area contributed by atoms with E-state index in [2.05, 4.69) is 20.5 Å². The van der Waals surface area contributed by atoms with Crippen molar-refractivity contribution in [2.24, 2.45) is 10.9 Å². The molecule has 1 aliphatic heterocycles. The summed E-state index contributed by atoms with van der Waals surface area (Å²) < 4.78 is 5.15. The summed E-state index contributed by atoms with van der Waals surface area (Å²) in [7, 11) is 0. The van der Waals surface area contributed by atoms with Gasteiger partial charge in [-0.15, -0.1) is 0 Å². The third-order valence-corrected chi connectivity index (χ3v) is 4.46. The van der Waals surface area contributed by atoms with E-state index in [1.807, 2.05) is 13.8 Å². The summed E-state index contributed by atoms with van der Waals surface area (Å²) in [5, 5.41) is 15.3. The van der Waals surface area contributed by atoms with E-state index in [4.69, 9.17) is 4.74 Å². The summed E-state index contributed by atoms with van der Waals surface area (Å²) in [4.78, 5) is 30.8. The first kappa shape index (κ1) is 21.5. The largest absolute Gasteiger partial charge is 0.508 e. The number of aliphatic imine (C=N–C) groups is 1. The Morgan fingerprint density at radius 3 is 2.68 bits per heavy atom. The Labute approximate surface area is 166 Å². The Hall–Kier alpha value is -2.77. The summed E-state index contributed by atoms with van der Waals surface area (Å²) in [6.45, 7) is 7.16. The molecule has 1 aliphatic rings. The molecule has 1 aromatic carbocycles. The second-order valence-corrected chi connectivity index (χ2v) is 6.58. The zero-order valence-electron chi connectivity index (χ0n) is 16.6. The summed E-state index contributed by atoms with van der Waals surface area (Å²) >= 11 is 0. The highest BCUT2D eigenvalue weighted by molar-refractivity contribution is 5.94. The minimum atomic E-state index is -0.208. The van der Waals surface area contributed by atoms with Crippen molar-refractivity contribution in [2.45, 2.75) is 26.7 Å². The predicted octanol–water partition coefficient (Wildman–Crippen LogP) is 1.36. The molecule has 154 valence electrons. The summed E-state index contributed by atoms with van der Waals surface area (Å²) in [5.41, 5.74) is 0.488. The van der Waals surface area contributed by atoms with E-state index in [1.54, 1.807) is 12.1 Å². The second kappa shape index (κ2) is 11.2. The summed E-state index contributed by atoms with van der Waals surface area (Å²) in [5.74, 6) is 0.381. The van der Waals surface area contributed by atoms with Gasteiger partial charge < -0.3 is 25.4 Å². The van der Waals surface area contributed by atoms with Gasteiger partial charge in [-0.1, -0.05) is 0 Å². The average molecular weight is 390 g/mol. The van der Waals surface area contributed by atoms with Crippen molar-refractivity contribution in [1.29, 1.82) is 0 Å². The Bertz CT molecular complexity index is 675. The number of nitrogens with zero attached hydrogens (tertiary/aromatic N) is 2. The predicted molar refractivity (Wildman–Crippen MR) is 107 cm³/mol. The number of hydrogen-bond donors (Lipinski definition) is 3. The molecule has 0 bridgehead atoms. The van der Waals surface area contributed by atoms with Crippen molar-refractivity contribution in [3.8, 4) is 5.75 Å². The molecule has 1 fully saturated rings. The molecule has 0 saturated carbocycles. The van der Waals surface area contributed by atoms with Gasteiger partial charge in [0.25, 0.3) is 5.91 Å². The molecular weight excluding hydrogens is 360 g/mol. The molecule has 1 heterocycles. The van der Waals surface area contributed by atoms with Crippen LogP contribution < -0.4 is 10.6 Å². The maximum Gasteiger partial charge on any atom is 0.310 e. The summed E-state index contributed by atoms with van der Waals surface area (Å²) in [6, 6.07) is 6.10. The third-order valence-electron chi connectivity index (χ3n) is 4.46. The molecule has 0 aromatic heterocycles. The van der Waals surface area contributed by atoms with E-state index < -0.39 is 0 Å². The number of carbonyl (C=O) groups is 2. The van der Waals surface area contributed by atoms with Crippen LogP contribution in [0.15, 0.2) is 29.3 Å². The van der Waals surface area contributed by atoms with Crippen LogP contribution in [0.4, 0.5) is 0 Å². The van der Waals surface area contributed by atoms with E-state index in [-0.39, 0.29) is 23.5 Å². The number of carbonyl (C=O) groups excluding carboxylic acids is 2. The van der Waals surface area contributed by atoms with Crippen LogP contribution in [0.1, 0.15) is 37.0 Å². The molecule has 8 nitrogen and oxygen atoms in total. The maximum atomic E-state index is 12.1. The number of piperidine rings is 1. The molecule has 2 rings (SSSR count). The first-order valence-corrected chi connectivity index (χ1v) is 9.82. The lowest BCUT2D eigenvalue weighted by molar-refractivity contribution is -0.149. The molecule has 1 atom stereocenters. The van der Waals surface area contributed by atoms with Gasteiger partial charge >= 0.3 is 5.97 Å². The van der Waals surface area contributed by atoms with Crippen LogP contribution in [0.5, 0.6) is 5.75 Å². The maximum absolute atomic E-state index is 12.1. The number of hydrogen-bond acceptors (Lipinski definition) is 5. The fourth-order valence-electron chi connectivity index (χ4n) is 3.09. The van der Waals surface area contributed by atoms with E-state index in [0.717, 1.165) is 31.9 Å². The van der Waals surface area contributed by atoms with Gasteiger partial charge in [-0.05, 0) is 51.0 Å². The SMILES string of the molecule is CCNC(=NCCNC(=O)c1ccc(O)cc1)N1CCCC(C(=O)OCC)C1. The van der Waals surface area contributed by atoms with Crippen molar-refractivity contribution in [1.82, 2.24) is 15.5 Å². The van der Waals surface area contributed by atoms with E-state index in [1.165, 1.54) is 12.1 Å². The fraction of sp³-hybridized carbons (Fsp3) is 0.550. The lowest BCUT2D eigenvalue weighted by Gasteiger charge is -2.34. The topological polar surface area (TPSA) is 103 Å². The smallest absolute Gasteiger partial charge is 0.310 e. The van der Waals surface area contributed by atoms with Gasteiger partial charge in [0.2, 0.25) is 0 Å². The lowest BCUT2D eigenvalue weighted by atomic mass is 9.98. The van der Waals surface area contributed by atoms with Gasteiger partial charge in [0.1, 0.15) is 5.75 Å². The number of guanidine groups is 1. The monoisotopic (exact) mass is 390 g/mol. The van der Waals surface area contributed by atoms with Crippen LogP contribution in [0.2, 0.25) is 0 Å². The van der Waals surface area contributed by atoms with Crippen LogP contribution in [-0.2, 0) is 9.53 Å². The number of esters is 1. The van der Waals surface area contributed by atoms with Crippen LogP contribution in [-0.4, -0.2) is 67.2 Å². The Morgan fingerprint density at radius 1 is 1.25 bits per heavy atom. The van der Waals surface area contributed by atoms with Gasteiger partial charge in [-0.2, -0.15) is 0 Å². The van der Waals surface area contributed by atoms with Crippen LogP contribution in [0.25, 0.3) is 0 Å². The molecule has 1 saturated heterocycles. The van der Waals surface area contributed by atoms with Crippen molar-refractivity contribution in [2.75, 3.05) is 39.3 Å². The number of phenols is 1. The number of amides is 1. The summed E-state index contributed by atoms with van der Waals surface area (Å²) in [6.07, 6.45) is 1.74. The van der Waals surface area contributed by atoms with Crippen molar-refractivity contribution >= 4 is 17.8 Å². The molecule has 3 N–H and O–H groups in total. The zero-order valence-corrected chi connectivity index (χ0v) is 16.6. The number of benzene rings is 1. The van der Waals surface area contributed by atoms with Gasteiger partial charge in [0.05, 0.1) is 19.1 Å². The molecule has 1 aromatic rings. The molecule has 0 radical (unpaired) electrons. The van der Waals surface area contributed by atoms with Crippen molar-refractivity contribution in [3.05, 3.63) is 29.8 Å². The van der Waals surface area contributed by atoms with E-state index >= 15 is 0 Å². The Balaban J connectivity index is 1.88. The number of rotatable bonds is 7. The number of likely N-dealkylation sites (tertiary alicyclic amines) is 1. The van der Waals surface area contributed by atoms with E-state index in [0.29, 0.717) is 31.8 Å². The molecule has 8 heteroatoms. The average Bonchev–Trinajstić information content (AvgIpc) is 2.71. The Morgan fingerprint density at radius 2 is 2.00 bits per heavy atom. The highest BCUT2D eigenvalue weighted by Gasteiger charge is 2.28. The first-order chi connectivity index (χ1) is 13.5. The third kappa shape index (κ3) is 6.44. The molecular formula is C20H30N4O4. The lowest BCUT2D eigenvalue weighted by Crippen LogP contribution is -2.48. The van der Waals surface area contributed by atoms with Crippen molar-refractivity contribution < 1.29 is 19.4 Å². The van der Waals surface area contributed by atoms with Crippen LogP contribution >= 0.6 is 0 Å². The minimum Gasteiger partial charge on any atom is -0.508 e. The molecule has 0 aliphatic carbocycles. The van der Waals surface area contributed by atoms with Gasteiger partial charge in [-0.25, -0.2) is 0 Å². The highest BCUT2D eigenvalue weighted by Crippen LogP contribution is 2.18. The van der Waals surface area contributed by atoms with Gasteiger partial charge in [-0.3, -0.25) is 14.6 Å². The molecule has 28 heavy (non-hydrogen) atoms. The second-order valence-electron chi connectivity index (χ2n) is 6.58. The zero-order chi connectivity index (χ0) is 20.4. The molecule has 1 amide bonds. The van der Waals surface area contributed by atoms with E-state index in [9.17, 15) is 14.7 Å². The standard InChI is InChI=1S/C20H30N4O4/c1-3-21-20(24-13-5-6-16(14-24)19(27)28-4-2)23-12-11-22-18(26)15-7-9-17(25)10-8-15/h7-10,16,25H,3-6,11-14H2,1-2H3,(H,21,23)(H,22,26). The van der Waals surface area contributed by atoms with Gasteiger partial charge in [0, 0.05) is 31.7 Å². The number of nitrogens with one attached hydrogen (secondary N) is 2. The highest BCUT2D eigenvalue weighted by atomic mass is 16.5. The van der Waals surface area contributed by atoms with Crippen molar-refractivity contribution in [3.63, 3.8) is 0 Å². The Kier molecular flexibility index (Phi) is 8.58. The van der Waals surface area contributed by atoms with Crippen LogP contribution in [0.3, 0.4) is 0 Å². The van der Waals surface area contributed by atoms with Gasteiger partial charge in [0.15, 0.2) is 5.96 Å². The number of phenolic OH excluding ortho intramolecular Hbond substituents is 1. The molecule has 0 spiro atoms. The quantitative estimate of drug-likeness (QED) is 0.281. The number of ether oxygens (including phenoxy) is 1. The molecule has 1 unspecified atom stereocenters. The fourth-order valence-corrected chi connectivity index (χ4v) is 3.09. The first-order valence-electron chi connectivity index (χ1n) is 9.82.